The molecule has 1 saturated heterocycles. The predicted octanol–water partition coefficient (Wildman–Crippen LogP) is 0.795. The van der Waals surface area contributed by atoms with Crippen molar-refractivity contribution in [1.29, 1.82) is 0 Å². The summed E-state index contributed by atoms with van der Waals surface area (Å²) in [6.45, 7) is 5.10. The minimum Gasteiger partial charge on any atom is -0.370 e. The molecular weight excluding hydrogens is 204 g/mol. The van der Waals surface area contributed by atoms with Crippen LogP contribution in [0.15, 0.2) is 0 Å². The first kappa shape index (κ1) is 7.34. The molecule has 0 atom stereocenters. The Hall–Kier alpha value is 1.34. The SMILES string of the molecule is CC1(C)CO1.[Ce]. The van der Waals surface area contributed by atoms with Gasteiger partial charge in [0.15, 0.2) is 0 Å². The van der Waals surface area contributed by atoms with Crippen molar-refractivity contribution in [2.75, 3.05) is 6.61 Å². The van der Waals surface area contributed by atoms with E-state index in [1.165, 1.54) is 0 Å². The first-order valence-corrected chi connectivity index (χ1v) is 1.85. The van der Waals surface area contributed by atoms with Crippen molar-refractivity contribution in [2.24, 2.45) is 0 Å². The third kappa shape index (κ3) is 2.50. The maximum Gasteiger partial charge on any atom is 0.0860 e. The van der Waals surface area contributed by atoms with E-state index >= 15 is 0 Å². The number of hydrogen-bond donors (Lipinski definition) is 0. The van der Waals surface area contributed by atoms with E-state index in [0.717, 1.165) is 6.61 Å². The monoisotopic (exact) mass is 212 g/mol. The zero-order valence-electron chi connectivity index (χ0n) is 4.12. The molecule has 1 aliphatic rings. The van der Waals surface area contributed by atoms with Gasteiger partial charge in [-0.15, -0.1) is 0 Å². The molecule has 0 bridgehead atoms. The topological polar surface area (TPSA) is 12.5 Å². The normalized spacial score (nSPS) is 25.0. The first-order chi connectivity index (χ1) is 2.21. The van der Waals surface area contributed by atoms with Crippen LogP contribution < -0.4 is 0 Å². The van der Waals surface area contributed by atoms with Crippen LogP contribution in [-0.4, -0.2) is 12.2 Å². The molecule has 2 heteroatoms. The molecule has 0 saturated carbocycles. The molecule has 0 amide bonds. The van der Waals surface area contributed by atoms with Crippen molar-refractivity contribution in [3.63, 3.8) is 0 Å². The summed E-state index contributed by atoms with van der Waals surface area (Å²) >= 11 is 0. The quantitative estimate of drug-likeness (QED) is 0.541. The summed E-state index contributed by atoms with van der Waals surface area (Å²) < 4.78 is 4.90. The van der Waals surface area contributed by atoms with Crippen LogP contribution in [-0.2, 0) is 4.74 Å². The van der Waals surface area contributed by atoms with Crippen molar-refractivity contribution in [3.8, 4) is 0 Å². The molecule has 1 rings (SSSR count). The third-order valence-electron chi connectivity index (χ3n) is 0.722. The zero-order valence-corrected chi connectivity index (χ0v) is 7.26. The molecule has 0 unspecified atom stereocenters. The van der Waals surface area contributed by atoms with Crippen molar-refractivity contribution >= 4 is 0 Å². The molecule has 1 nitrogen and oxygen atoms in total. The molecule has 0 N–H and O–H groups in total. The summed E-state index contributed by atoms with van der Waals surface area (Å²) in [5.41, 5.74) is 0.250. The maximum absolute atomic E-state index is 4.90. The van der Waals surface area contributed by atoms with Crippen molar-refractivity contribution in [1.82, 2.24) is 0 Å². The Balaban J connectivity index is 0.000000250. The molecular formula is C4H8CeO. The van der Waals surface area contributed by atoms with Crippen LogP contribution >= 0.6 is 0 Å². The van der Waals surface area contributed by atoms with Gasteiger partial charge in [-0.2, -0.15) is 0 Å². The minimum absolute atomic E-state index is 0. The van der Waals surface area contributed by atoms with Crippen LogP contribution in [0.1, 0.15) is 13.8 Å². The van der Waals surface area contributed by atoms with Crippen LogP contribution in [0.3, 0.4) is 0 Å². The van der Waals surface area contributed by atoms with E-state index in [1.54, 1.807) is 0 Å². The van der Waals surface area contributed by atoms with Crippen LogP contribution in [0.25, 0.3) is 0 Å². The summed E-state index contributed by atoms with van der Waals surface area (Å²) in [7, 11) is 0. The second-order valence-corrected chi connectivity index (χ2v) is 2.05. The number of epoxide rings is 1. The van der Waals surface area contributed by atoms with Gasteiger partial charge in [0.2, 0.25) is 0 Å². The molecule has 1 aliphatic heterocycles. The van der Waals surface area contributed by atoms with E-state index < -0.39 is 0 Å². The molecule has 34 valence electrons. The van der Waals surface area contributed by atoms with E-state index in [1.807, 2.05) is 0 Å². The number of ether oxygens (including phenoxy) is 1. The van der Waals surface area contributed by atoms with Crippen LogP contribution in [0.4, 0.5) is 0 Å². The number of hydrogen-bond acceptors (Lipinski definition) is 1. The molecule has 0 aromatic carbocycles. The predicted molar refractivity (Wildman–Crippen MR) is 20.0 cm³/mol. The second-order valence-electron chi connectivity index (χ2n) is 2.05. The van der Waals surface area contributed by atoms with Gasteiger partial charge >= 0.3 is 0 Å². The van der Waals surface area contributed by atoms with Crippen molar-refractivity contribution < 1.29 is 46.5 Å². The van der Waals surface area contributed by atoms with Crippen molar-refractivity contribution in [2.45, 2.75) is 19.4 Å². The average Bonchev–Trinajstić information content (AvgIpc) is 1.76. The van der Waals surface area contributed by atoms with E-state index in [0.29, 0.717) is 0 Å². The average molecular weight is 212 g/mol. The van der Waals surface area contributed by atoms with Gasteiger partial charge in [-0.3, -0.25) is 0 Å². The Kier molecular flexibility index (Phi) is 2.53. The number of rotatable bonds is 0. The fraction of sp³-hybridized carbons (Fsp3) is 1.00. The first-order valence-electron chi connectivity index (χ1n) is 1.85. The van der Waals surface area contributed by atoms with E-state index in [-0.39, 0.29) is 47.3 Å². The van der Waals surface area contributed by atoms with Gasteiger partial charge in [0.25, 0.3) is 0 Å². The fourth-order valence-electron chi connectivity index (χ4n) is 0.144. The Morgan fingerprint density at radius 3 is 1.67 bits per heavy atom. The van der Waals surface area contributed by atoms with Gasteiger partial charge in [-0.05, 0) is 13.8 Å². The molecule has 1 heterocycles. The second kappa shape index (κ2) is 2.07. The summed E-state index contributed by atoms with van der Waals surface area (Å²) in [4.78, 5) is 0. The third-order valence-corrected chi connectivity index (χ3v) is 0.722. The Morgan fingerprint density at radius 2 is 1.67 bits per heavy atom. The Bertz CT molecular complexity index is 45.5. The van der Waals surface area contributed by atoms with E-state index in [2.05, 4.69) is 13.8 Å². The summed E-state index contributed by atoms with van der Waals surface area (Å²) in [6, 6.07) is 0. The zero-order chi connectivity index (χ0) is 3.91. The standard InChI is InChI=1S/C4H8O.Ce/c1-4(2)3-5-4;/h3H2,1-2H3;. The van der Waals surface area contributed by atoms with Gasteiger partial charge in [0.1, 0.15) is 0 Å². The summed E-state index contributed by atoms with van der Waals surface area (Å²) in [5.74, 6) is 0. The maximum atomic E-state index is 4.90. The van der Waals surface area contributed by atoms with Gasteiger partial charge < -0.3 is 4.74 Å². The molecule has 0 radical (unpaired) electrons. The Morgan fingerprint density at radius 1 is 1.50 bits per heavy atom. The smallest absolute Gasteiger partial charge is 0.0860 e. The van der Waals surface area contributed by atoms with Crippen LogP contribution in [0, 0.1) is 41.7 Å². The summed E-state index contributed by atoms with van der Waals surface area (Å²) in [5, 5.41) is 0. The van der Waals surface area contributed by atoms with Crippen LogP contribution in [0.5, 0.6) is 0 Å². The van der Waals surface area contributed by atoms with Crippen LogP contribution in [0.2, 0.25) is 0 Å². The molecule has 1 fully saturated rings. The molecule has 6 heavy (non-hydrogen) atoms. The summed E-state index contributed by atoms with van der Waals surface area (Å²) in [6.07, 6.45) is 0. The van der Waals surface area contributed by atoms with Gasteiger partial charge in [0.05, 0.1) is 12.2 Å². The molecule has 0 aliphatic carbocycles. The molecule has 0 spiro atoms. The van der Waals surface area contributed by atoms with E-state index in [4.69, 9.17) is 4.74 Å². The Labute approximate surface area is 71.8 Å². The molecule has 0 aromatic heterocycles. The van der Waals surface area contributed by atoms with E-state index in [9.17, 15) is 0 Å². The fourth-order valence-corrected chi connectivity index (χ4v) is 0.144. The minimum atomic E-state index is 0. The van der Waals surface area contributed by atoms with Gasteiger partial charge in [-0.1, -0.05) is 0 Å². The van der Waals surface area contributed by atoms with Crippen molar-refractivity contribution in [3.05, 3.63) is 0 Å². The largest absolute Gasteiger partial charge is 0.370 e. The van der Waals surface area contributed by atoms with Gasteiger partial charge in [0, 0.05) is 41.7 Å². The van der Waals surface area contributed by atoms with Gasteiger partial charge in [-0.25, -0.2) is 0 Å². The molecule has 0 aromatic rings.